The fourth-order valence-corrected chi connectivity index (χ4v) is 1.49. The second-order valence-corrected chi connectivity index (χ2v) is 3.66. The zero-order valence-electron chi connectivity index (χ0n) is 9.42. The predicted molar refractivity (Wildman–Crippen MR) is 64.4 cm³/mol. The monoisotopic (exact) mass is 231 g/mol. The van der Waals surface area contributed by atoms with Gasteiger partial charge in [0.25, 0.3) is 5.56 Å². The van der Waals surface area contributed by atoms with Crippen LogP contribution in [0.2, 0.25) is 0 Å². The minimum atomic E-state index is -0.130. The van der Waals surface area contributed by atoms with Crippen LogP contribution in [-0.2, 0) is 6.54 Å². The van der Waals surface area contributed by atoms with Crippen LogP contribution in [0.1, 0.15) is 11.3 Å². The maximum absolute atomic E-state index is 11.6. The van der Waals surface area contributed by atoms with Crippen molar-refractivity contribution in [3.63, 3.8) is 0 Å². The molecular weight excluding hydrogens is 218 g/mol. The van der Waals surface area contributed by atoms with Crippen LogP contribution in [0.5, 0.6) is 0 Å². The molecule has 0 aliphatic rings. The molecule has 6 heteroatoms. The Labute approximate surface area is 98.1 Å². The van der Waals surface area contributed by atoms with Crippen molar-refractivity contribution in [2.75, 3.05) is 5.43 Å². The van der Waals surface area contributed by atoms with E-state index in [-0.39, 0.29) is 5.56 Å². The summed E-state index contributed by atoms with van der Waals surface area (Å²) in [5.41, 5.74) is 4.04. The number of nitrogen functional groups attached to an aromatic ring is 1. The van der Waals surface area contributed by atoms with Gasteiger partial charge in [0.15, 0.2) is 0 Å². The fourth-order valence-electron chi connectivity index (χ4n) is 1.49. The minimum Gasteiger partial charge on any atom is -0.308 e. The Morgan fingerprint density at radius 2 is 2.24 bits per heavy atom. The van der Waals surface area contributed by atoms with Gasteiger partial charge in [0.2, 0.25) is 0 Å². The molecule has 2 aromatic rings. The number of rotatable bonds is 3. The Hall–Kier alpha value is -2.21. The highest BCUT2D eigenvalue weighted by molar-refractivity contribution is 5.35. The molecule has 2 heterocycles. The molecule has 0 fully saturated rings. The van der Waals surface area contributed by atoms with Crippen molar-refractivity contribution in [1.29, 1.82) is 0 Å². The van der Waals surface area contributed by atoms with Crippen LogP contribution < -0.4 is 16.8 Å². The summed E-state index contributed by atoms with van der Waals surface area (Å²) in [4.78, 5) is 15.6. The second kappa shape index (κ2) is 4.75. The summed E-state index contributed by atoms with van der Waals surface area (Å²) in [7, 11) is 0. The summed E-state index contributed by atoms with van der Waals surface area (Å²) in [6.07, 6.45) is 1.63. The summed E-state index contributed by atoms with van der Waals surface area (Å²) in [5, 5.41) is 4.16. The number of aryl methyl sites for hydroxylation is 1. The standard InChI is InChI=1S/C11H13N5O/c1-8-2-3-11(17)16(15-8)7-9-4-5-13-10(6-9)14-12/h2-6H,7,12H2,1H3,(H,13,14). The molecule has 0 saturated carbocycles. The maximum Gasteiger partial charge on any atom is 0.267 e. The van der Waals surface area contributed by atoms with Gasteiger partial charge in [0.05, 0.1) is 12.2 Å². The molecule has 3 N–H and O–H groups in total. The molecule has 0 aliphatic carbocycles. The molecule has 17 heavy (non-hydrogen) atoms. The summed E-state index contributed by atoms with van der Waals surface area (Å²) in [6.45, 7) is 2.24. The smallest absolute Gasteiger partial charge is 0.267 e. The van der Waals surface area contributed by atoms with Crippen LogP contribution in [0.25, 0.3) is 0 Å². The fraction of sp³-hybridized carbons (Fsp3) is 0.182. The van der Waals surface area contributed by atoms with Gasteiger partial charge >= 0.3 is 0 Å². The third-order valence-electron chi connectivity index (χ3n) is 2.30. The van der Waals surface area contributed by atoms with Crippen LogP contribution in [-0.4, -0.2) is 14.8 Å². The van der Waals surface area contributed by atoms with Crippen molar-refractivity contribution in [2.24, 2.45) is 5.84 Å². The van der Waals surface area contributed by atoms with Crippen LogP contribution in [0.15, 0.2) is 35.3 Å². The summed E-state index contributed by atoms with van der Waals surface area (Å²) >= 11 is 0. The molecule has 0 spiro atoms. The van der Waals surface area contributed by atoms with Crippen molar-refractivity contribution < 1.29 is 0 Å². The first-order chi connectivity index (χ1) is 8.19. The number of hydrogen-bond donors (Lipinski definition) is 2. The molecule has 2 aromatic heterocycles. The van der Waals surface area contributed by atoms with E-state index < -0.39 is 0 Å². The van der Waals surface area contributed by atoms with Crippen molar-refractivity contribution in [1.82, 2.24) is 14.8 Å². The first-order valence-electron chi connectivity index (χ1n) is 5.15. The highest BCUT2D eigenvalue weighted by Crippen LogP contribution is 2.05. The highest BCUT2D eigenvalue weighted by atomic mass is 16.1. The lowest BCUT2D eigenvalue weighted by atomic mass is 10.2. The molecule has 0 aliphatic heterocycles. The minimum absolute atomic E-state index is 0.130. The molecule has 2 rings (SSSR count). The quantitative estimate of drug-likeness (QED) is 0.585. The molecule has 0 bridgehead atoms. The van der Waals surface area contributed by atoms with E-state index >= 15 is 0 Å². The van der Waals surface area contributed by atoms with E-state index in [4.69, 9.17) is 5.84 Å². The Morgan fingerprint density at radius 3 is 3.00 bits per heavy atom. The first kappa shape index (κ1) is 11.3. The lowest BCUT2D eigenvalue weighted by Gasteiger charge is -2.06. The van der Waals surface area contributed by atoms with E-state index in [0.29, 0.717) is 12.4 Å². The number of nitrogens with two attached hydrogens (primary N) is 1. The van der Waals surface area contributed by atoms with Crippen molar-refractivity contribution in [2.45, 2.75) is 13.5 Å². The van der Waals surface area contributed by atoms with Crippen LogP contribution in [0.3, 0.4) is 0 Å². The van der Waals surface area contributed by atoms with E-state index in [0.717, 1.165) is 11.3 Å². The van der Waals surface area contributed by atoms with E-state index in [1.54, 1.807) is 18.3 Å². The van der Waals surface area contributed by atoms with Gasteiger partial charge in [-0.2, -0.15) is 5.10 Å². The second-order valence-electron chi connectivity index (χ2n) is 3.66. The number of nitrogens with zero attached hydrogens (tertiary/aromatic N) is 3. The predicted octanol–water partition coefficient (Wildman–Crippen LogP) is 0.281. The Morgan fingerprint density at radius 1 is 1.41 bits per heavy atom. The van der Waals surface area contributed by atoms with Crippen molar-refractivity contribution in [3.05, 3.63) is 52.1 Å². The number of anilines is 1. The summed E-state index contributed by atoms with van der Waals surface area (Å²) < 4.78 is 1.41. The van der Waals surface area contributed by atoms with Gasteiger partial charge in [-0.15, -0.1) is 0 Å². The number of aromatic nitrogens is 3. The topological polar surface area (TPSA) is 85.8 Å². The zero-order valence-corrected chi connectivity index (χ0v) is 9.42. The van der Waals surface area contributed by atoms with Crippen LogP contribution >= 0.6 is 0 Å². The van der Waals surface area contributed by atoms with Crippen molar-refractivity contribution >= 4 is 5.82 Å². The Kier molecular flexibility index (Phi) is 3.15. The average molecular weight is 231 g/mol. The lowest BCUT2D eigenvalue weighted by Crippen LogP contribution is -2.23. The Balaban J connectivity index is 2.31. The highest BCUT2D eigenvalue weighted by Gasteiger charge is 2.01. The average Bonchev–Trinajstić information content (AvgIpc) is 2.34. The van der Waals surface area contributed by atoms with E-state index in [9.17, 15) is 4.79 Å². The van der Waals surface area contributed by atoms with E-state index in [1.165, 1.54) is 10.7 Å². The van der Waals surface area contributed by atoms with Gasteiger partial charge in [-0.1, -0.05) is 0 Å². The van der Waals surface area contributed by atoms with Crippen molar-refractivity contribution in [3.8, 4) is 0 Å². The first-order valence-corrected chi connectivity index (χ1v) is 5.15. The third-order valence-corrected chi connectivity index (χ3v) is 2.30. The summed E-state index contributed by atoms with van der Waals surface area (Å²) in [5.74, 6) is 5.83. The van der Waals surface area contributed by atoms with E-state index in [2.05, 4.69) is 15.5 Å². The van der Waals surface area contributed by atoms with Gasteiger partial charge in [-0.05, 0) is 30.7 Å². The largest absolute Gasteiger partial charge is 0.308 e. The molecule has 0 aromatic carbocycles. The molecule has 0 unspecified atom stereocenters. The van der Waals surface area contributed by atoms with Crippen LogP contribution in [0.4, 0.5) is 5.82 Å². The molecule has 6 nitrogen and oxygen atoms in total. The van der Waals surface area contributed by atoms with Gasteiger partial charge in [-0.25, -0.2) is 15.5 Å². The maximum atomic E-state index is 11.6. The molecule has 88 valence electrons. The van der Waals surface area contributed by atoms with Gasteiger partial charge in [0.1, 0.15) is 5.82 Å². The molecule has 0 saturated heterocycles. The van der Waals surface area contributed by atoms with Gasteiger partial charge in [0, 0.05) is 12.3 Å². The number of hydrazine groups is 1. The number of hydrogen-bond acceptors (Lipinski definition) is 5. The molecule has 0 amide bonds. The SMILES string of the molecule is Cc1ccc(=O)n(Cc2ccnc(NN)c2)n1. The number of pyridine rings is 1. The Bertz CT molecular complexity index is 578. The molecule has 0 atom stereocenters. The van der Waals surface area contributed by atoms with E-state index in [1.807, 2.05) is 13.0 Å². The van der Waals surface area contributed by atoms with Crippen LogP contribution in [0, 0.1) is 6.92 Å². The van der Waals surface area contributed by atoms with Gasteiger partial charge in [-0.3, -0.25) is 4.79 Å². The summed E-state index contributed by atoms with van der Waals surface area (Å²) in [6, 6.07) is 6.79. The zero-order chi connectivity index (χ0) is 12.3. The normalized spacial score (nSPS) is 10.2. The lowest BCUT2D eigenvalue weighted by molar-refractivity contribution is 0.628. The third kappa shape index (κ3) is 2.67. The molecule has 0 radical (unpaired) electrons. The van der Waals surface area contributed by atoms with Gasteiger partial charge < -0.3 is 5.43 Å². The number of nitrogens with one attached hydrogen (secondary N) is 1. The molecular formula is C11H13N5O.